The number of carbonyl (C=O) groups is 1. The third-order valence-electron chi connectivity index (χ3n) is 7.19. The first-order chi connectivity index (χ1) is 17.0. The van der Waals surface area contributed by atoms with Gasteiger partial charge in [0.15, 0.2) is 0 Å². The average Bonchev–Trinajstić information content (AvgIpc) is 3.39. The first kappa shape index (κ1) is 22.9. The molecule has 0 spiro atoms. The van der Waals surface area contributed by atoms with Crippen molar-refractivity contribution in [3.8, 4) is 28.1 Å². The molecule has 4 aromatic rings. The third kappa shape index (κ3) is 4.99. The lowest BCUT2D eigenvalue weighted by atomic mass is 9.70. The quantitative estimate of drug-likeness (QED) is 0.301. The molecule has 0 radical (unpaired) electrons. The van der Waals surface area contributed by atoms with Gasteiger partial charge in [0.2, 0.25) is 0 Å². The monoisotopic (exact) mass is 466 g/mol. The van der Waals surface area contributed by atoms with Crippen LogP contribution in [-0.4, -0.2) is 21.0 Å². The van der Waals surface area contributed by atoms with Gasteiger partial charge in [-0.15, -0.1) is 0 Å². The smallest absolute Gasteiger partial charge is 0.335 e. The highest BCUT2D eigenvalue weighted by molar-refractivity contribution is 5.88. The molecule has 2 aromatic carbocycles. The molecule has 2 N–H and O–H groups in total. The van der Waals surface area contributed by atoms with Gasteiger partial charge in [0, 0.05) is 29.8 Å². The first-order valence-electron chi connectivity index (χ1n) is 12.2. The summed E-state index contributed by atoms with van der Waals surface area (Å²) in [4.78, 5) is 18.6. The summed E-state index contributed by atoms with van der Waals surface area (Å²) < 4.78 is 6.35. The number of hydrogen-bond acceptors (Lipinski definition) is 3. The molecule has 0 unspecified atom stereocenters. The Bertz CT molecular complexity index is 1300. The lowest BCUT2D eigenvalue weighted by Crippen LogP contribution is -2.26. The van der Waals surface area contributed by atoms with Gasteiger partial charge in [-0.25, -0.2) is 4.79 Å². The van der Waals surface area contributed by atoms with Crippen molar-refractivity contribution < 1.29 is 14.6 Å². The van der Waals surface area contributed by atoms with Gasteiger partial charge in [0.1, 0.15) is 12.4 Å². The Labute approximate surface area is 205 Å². The van der Waals surface area contributed by atoms with Crippen LogP contribution in [0.25, 0.3) is 22.4 Å². The van der Waals surface area contributed by atoms with E-state index in [1.54, 1.807) is 24.5 Å². The first-order valence-corrected chi connectivity index (χ1v) is 12.2. The van der Waals surface area contributed by atoms with E-state index in [2.05, 4.69) is 41.2 Å². The lowest BCUT2D eigenvalue weighted by molar-refractivity contribution is 0.0697. The number of nitrogens with one attached hydrogen (secondary N) is 1. The molecule has 0 amide bonds. The van der Waals surface area contributed by atoms with Gasteiger partial charge in [-0.05, 0) is 83.0 Å². The largest absolute Gasteiger partial charge is 0.489 e. The normalized spacial score (nSPS) is 15.0. The number of H-pyrrole nitrogens is 1. The predicted octanol–water partition coefficient (Wildman–Crippen LogP) is 7.24. The van der Waals surface area contributed by atoms with Crippen LogP contribution >= 0.6 is 0 Å². The number of carboxylic acid groups (broad SMARTS) is 1. The fourth-order valence-corrected chi connectivity index (χ4v) is 5.07. The highest BCUT2D eigenvalue weighted by Crippen LogP contribution is 2.44. The molecule has 35 heavy (non-hydrogen) atoms. The minimum atomic E-state index is -0.918. The number of rotatable bonds is 7. The van der Waals surface area contributed by atoms with E-state index in [-0.39, 0.29) is 11.0 Å². The van der Waals surface area contributed by atoms with E-state index < -0.39 is 5.97 Å². The van der Waals surface area contributed by atoms with Gasteiger partial charge >= 0.3 is 5.97 Å². The maximum Gasteiger partial charge on any atom is 0.335 e. The zero-order chi connectivity index (χ0) is 24.3. The number of aromatic amines is 1. The second kappa shape index (κ2) is 9.79. The Hall–Kier alpha value is -3.86. The molecule has 0 saturated heterocycles. The topological polar surface area (TPSA) is 75.2 Å². The average molecular weight is 467 g/mol. The molecule has 5 rings (SSSR count). The van der Waals surface area contributed by atoms with Crippen LogP contribution in [0.5, 0.6) is 5.75 Å². The SMILES string of the molecule is CC1(c2cc(-c3c[nH]c(-c4ccc(C(=O)O)cc4)c3)ccc2OCc2ccncc2)CCCCC1. The molecular formula is C30H30N2O3. The van der Waals surface area contributed by atoms with Gasteiger partial charge in [0.25, 0.3) is 0 Å². The second-order valence-corrected chi connectivity index (χ2v) is 9.66. The van der Waals surface area contributed by atoms with Crippen molar-refractivity contribution in [3.05, 3.63) is 95.9 Å². The van der Waals surface area contributed by atoms with Gasteiger partial charge in [-0.3, -0.25) is 4.98 Å². The number of aromatic carboxylic acids is 1. The second-order valence-electron chi connectivity index (χ2n) is 9.66. The van der Waals surface area contributed by atoms with E-state index >= 15 is 0 Å². The molecule has 0 bridgehead atoms. The highest BCUT2D eigenvalue weighted by atomic mass is 16.5. The molecule has 2 heterocycles. The molecule has 1 saturated carbocycles. The van der Waals surface area contributed by atoms with Crippen molar-refractivity contribution in [1.29, 1.82) is 0 Å². The number of benzene rings is 2. The fraction of sp³-hybridized carbons (Fsp3) is 0.267. The summed E-state index contributed by atoms with van der Waals surface area (Å²) in [5.74, 6) is 0.0358. The summed E-state index contributed by atoms with van der Waals surface area (Å²) in [6.07, 6.45) is 11.7. The molecule has 0 atom stereocenters. The zero-order valence-corrected chi connectivity index (χ0v) is 20.0. The van der Waals surface area contributed by atoms with Crippen molar-refractivity contribution in [2.45, 2.75) is 51.0 Å². The van der Waals surface area contributed by atoms with Crippen molar-refractivity contribution in [2.24, 2.45) is 0 Å². The molecule has 1 aliphatic carbocycles. The van der Waals surface area contributed by atoms with E-state index in [1.165, 1.54) is 24.8 Å². The molecule has 5 nitrogen and oxygen atoms in total. The number of aromatic nitrogens is 2. The minimum absolute atomic E-state index is 0.0909. The number of ether oxygens (including phenoxy) is 1. The molecule has 1 fully saturated rings. The Morgan fingerprint density at radius 1 is 0.943 bits per heavy atom. The Balaban J connectivity index is 1.45. The maximum atomic E-state index is 11.2. The molecule has 178 valence electrons. The molecule has 5 heteroatoms. The van der Waals surface area contributed by atoms with Crippen molar-refractivity contribution in [3.63, 3.8) is 0 Å². The van der Waals surface area contributed by atoms with Crippen molar-refractivity contribution >= 4 is 5.97 Å². The minimum Gasteiger partial charge on any atom is -0.489 e. The van der Waals surface area contributed by atoms with Crippen LogP contribution in [0.2, 0.25) is 0 Å². The van der Waals surface area contributed by atoms with Gasteiger partial charge in [0.05, 0.1) is 5.56 Å². The van der Waals surface area contributed by atoms with Crippen molar-refractivity contribution in [1.82, 2.24) is 9.97 Å². The summed E-state index contributed by atoms with van der Waals surface area (Å²) >= 11 is 0. The van der Waals surface area contributed by atoms with Gasteiger partial charge < -0.3 is 14.8 Å². The van der Waals surface area contributed by atoms with Crippen LogP contribution in [-0.2, 0) is 12.0 Å². The Morgan fingerprint density at radius 3 is 2.37 bits per heavy atom. The van der Waals surface area contributed by atoms with Crippen LogP contribution < -0.4 is 4.74 Å². The number of nitrogens with zero attached hydrogens (tertiary/aromatic N) is 1. The van der Waals surface area contributed by atoms with E-state index in [1.807, 2.05) is 30.5 Å². The van der Waals surface area contributed by atoms with E-state index in [0.717, 1.165) is 46.5 Å². The van der Waals surface area contributed by atoms with Crippen molar-refractivity contribution in [2.75, 3.05) is 0 Å². The van der Waals surface area contributed by atoms with E-state index in [9.17, 15) is 4.79 Å². The fourth-order valence-electron chi connectivity index (χ4n) is 5.07. The molecule has 2 aromatic heterocycles. The summed E-state index contributed by atoms with van der Waals surface area (Å²) in [5.41, 5.74) is 6.92. The summed E-state index contributed by atoms with van der Waals surface area (Å²) in [6.45, 7) is 2.89. The van der Waals surface area contributed by atoms with Crippen LogP contribution in [0, 0.1) is 0 Å². The van der Waals surface area contributed by atoms with Crippen LogP contribution in [0.15, 0.2) is 79.3 Å². The lowest BCUT2D eigenvalue weighted by Gasteiger charge is -2.35. The van der Waals surface area contributed by atoms with Gasteiger partial charge in [-0.2, -0.15) is 0 Å². The standard InChI is InChI=1S/C30H30N2O3/c1-30(13-3-2-4-14-30)26-17-24(9-10-28(26)35-20-21-11-15-31-16-12-21)25-18-27(32-19-25)22-5-7-23(8-6-22)29(33)34/h5-12,15-19,32H,2-4,13-14,20H2,1H3,(H,33,34). The van der Waals surface area contributed by atoms with E-state index in [0.29, 0.717) is 6.61 Å². The summed E-state index contributed by atoms with van der Waals surface area (Å²) in [5, 5.41) is 9.16. The predicted molar refractivity (Wildman–Crippen MR) is 138 cm³/mol. The Morgan fingerprint density at radius 2 is 1.66 bits per heavy atom. The summed E-state index contributed by atoms with van der Waals surface area (Å²) in [6, 6.07) is 19.6. The molecular weight excluding hydrogens is 436 g/mol. The van der Waals surface area contributed by atoms with Crippen LogP contribution in [0.4, 0.5) is 0 Å². The van der Waals surface area contributed by atoms with Crippen LogP contribution in [0.3, 0.4) is 0 Å². The number of pyridine rings is 1. The number of hydrogen-bond donors (Lipinski definition) is 2. The van der Waals surface area contributed by atoms with Crippen LogP contribution in [0.1, 0.15) is 60.5 Å². The molecule has 0 aliphatic heterocycles. The third-order valence-corrected chi connectivity index (χ3v) is 7.19. The maximum absolute atomic E-state index is 11.2. The summed E-state index contributed by atoms with van der Waals surface area (Å²) in [7, 11) is 0. The van der Waals surface area contributed by atoms with E-state index in [4.69, 9.17) is 9.84 Å². The van der Waals surface area contributed by atoms with Gasteiger partial charge in [-0.1, -0.05) is 44.4 Å². The molecule has 1 aliphatic rings. The highest BCUT2D eigenvalue weighted by Gasteiger charge is 2.32. The Kier molecular flexibility index (Phi) is 6.41. The zero-order valence-electron chi connectivity index (χ0n) is 20.0. The number of carboxylic acids is 1.